The highest BCUT2D eigenvalue weighted by Crippen LogP contribution is 2.30. The smallest absolute Gasteiger partial charge is 0.371 e. The van der Waals surface area contributed by atoms with Crippen LogP contribution in [-0.2, 0) is 16.2 Å². The van der Waals surface area contributed by atoms with Crippen LogP contribution in [0.4, 0.5) is 14.9 Å². The number of methoxy groups -OCH3 is 1. The lowest BCUT2D eigenvalue weighted by Crippen LogP contribution is -2.38. The number of amides is 4. The normalized spacial score (nSPS) is 14.0. The summed E-state index contributed by atoms with van der Waals surface area (Å²) in [5.41, 5.74) is 0.340. The Morgan fingerprint density at radius 3 is 2.62 bits per heavy atom. The van der Waals surface area contributed by atoms with E-state index in [-0.39, 0.29) is 23.8 Å². The Bertz CT molecular complexity index is 1410. The number of ether oxygens (including phenoxy) is 2. The second kappa shape index (κ2) is 10.6. The number of nitrogens with one attached hydrogen (secondary N) is 2. The van der Waals surface area contributed by atoms with E-state index in [0.29, 0.717) is 27.7 Å². The van der Waals surface area contributed by atoms with E-state index in [4.69, 9.17) is 19.0 Å². The molecule has 4 rings (SSSR count). The number of imide groups is 1. The molecule has 1 aliphatic heterocycles. The van der Waals surface area contributed by atoms with Crippen molar-refractivity contribution in [3.8, 4) is 11.5 Å². The maximum atomic E-state index is 13.7. The van der Waals surface area contributed by atoms with Crippen molar-refractivity contribution in [3.63, 3.8) is 0 Å². The van der Waals surface area contributed by atoms with Crippen molar-refractivity contribution in [2.45, 2.75) is 6.61 Å². The van der Waals surface area contributed by atoms with Crippen molar-refractivity contribution >= 4 is 35.6 Å². The molecule has 0 aliphatic carbocycles. The van der Waals surface area contributed by atoms with Gasteiger partial charge in [0.2, 0.25) is 11.7 Å². The van der Waals surface area contributed by atoms with E-state index in [1.807, 2.05) is 0 Å². The topological polar surface area (TPSA) is 147 Å². The number of hydrogen-bond acceptors (Lipinski definition) is 7. The van der Waals surface area contributed by atoms with Gasteiger partial charge in [-0.25, -0.2) is 18.9 Å². The molecule has 11 nitrogen and oxygen atoms in total. The number of anilines is 1. The highest BCUT2D eigenvalue weighted by Gasteiger charge is 2.35. The SMILES string of the molecule is COc1cc(/C=C2\NC(=O)N(CC(=O)Nc3ccccc3F)C2=O)ccc1OCc1ccc(C(=O)O)o1. The van der Waals surface area contributed by atoms with Gasteiger partial charge in [0.15, 0.2) is 11.5 Å². The molecular weight excluding hydrogens is 489 g/mol. The molecule has 0 spiro atoms. The quantitative estimate of drug-likeness (QED) is 0.294. The number of furan rings is 1. The Morgan fingerprint density at radius 1 is 1.14 bits per heavy atom. The Hall–Kier alpha value is -5.13. The average molecular weight is 509 g/mol. The van der Waals surface area contributed by atoms with Gasteiger partial charge in [0, 0.05) is 0 Å². The van der Waals surface area contributed by atoms with Crippen molar-refractivity contribution in [2.24, 2.45) is 0 Å². The van der Waals surface area contributed by atoms with Crippen molar-refractivity contribution in [3.05, 3.63) is 83.2 Å². The fourth-order valence-corrected chi connectivity index (χ4v) is 3.39. The second-order valence-electron chi connectivity index (χ2n) is 7.68. The predicted molar refractivity (Wildman–Crippen MR) is 126 cm³/mol. The van der Waals surface area contributed by atoms with Gasteiger partial charge in [0.1, 0.15) is 30.4 Å². The van der Waals surface area contributed by atoms with E-state index >= 15 is 0 Å². The van der Waals surface area contributed by atoms with Crippen LogP contribution in [0.1, 0.15) is 21.9 Å². The lowest BCUT2D eigenvalue weighted by Gasteiger charge is -2.12. The van der Waals surface area contributed by atoms with Crippen molar-refractivity contribution < 1.29 is 42.6 Å². The molecule has 37 heavy (non-hydrogen) atoms. The number of para-hydroxylation sites is 1. The summed E-state index contributed by atoms with van der Waals surface area (Å²) in [5, 5.41) is 13.7. The van der Waals surface area contributed by atoms with Crippen molar-refractivity contribution in [2.75, 3.05) is 19.0 Å². The number of urea groups is 1. The summed E-state index contributed by atoms with van der Waals surface area (Å²) in [6.07, 6.45) is 1.40. The first-order valence-corrected chi connectivity index (χ1v) is 10.8. The molecule has 4 amide bonds. The van der Waals surface area contributed by atoms with Crippen molar-refractivity contribution in [1.82, 2.24) is 10.2 Å². The minimum atomic E-state index is -1.20. The third-order valence-corrected chi connectivity index (χ3v) is 5.15. The summed E-state index contributed by atoms with van der Waals surface area (Å²) < 4.78 is 29.9. The minimum absolute atomic E-state index is 0.0531. The minimum Gasteiger partial charge on any atom is -0.493 e. The van der Waals surface area contributed by atoms with E-state index in [2.05, 4.69) is 10.6 Å². The molecule has 3 N–H and O–H groups in total. The maximum absolute atomic E-state index is 13.7. The monoisotopic (exact) mass is 509 g/mol. The van der Waals surface area contributed by atoms with E-state index in [1.165, 1.54) is 49.6 Å². The van der Waals surface area contributed by atoms with Crippen LogP contribution in [0.3, 0.4) is 0 Å². The van der Waals surface area contributed by atoms with Gasteiger partial charge in [-0.1, -0.05) is 18.2 Å². The molecule has 0 unspecified atom stereocenters. The van der Waals surface area contributed by atoms with Gasteiger partial charge in [-0.3, -0.25) is 9.59 Å². The van der Waals surface area contributed by atoms with Crippen LogP contribution in [0.15, 0.2) is 64.7 Å². The number of rotatable bonds is 9. The van der Waals surface area contributed by atoms with Crippen molar-refractivity contribution in [1.29, 1.82) is 0 Å². The van der Waals surface area contributed by atoms with Crippen LogP contribution in [0.5, 0.6) is 11.5 Å². The molecule has 3 aromatic rings. The molecule has 1 aromatic heterocycles. The number of nitrogens with zero attached hydrogens (tertiary/aromatic N) is 1. The molecule has 0 bridgehead atoms. The fourth-order valence-electron chi connectivity index (χ4n) is 3.39. The first kappa shape index (κ1) is 25.0. The summed E-state index contributed by atoms with van der Waals surface area (Å²) in [6, 6.07) is 12.2. The van der Waals surface area contributed by atoms with Gasteiger partial charge >= 0.3 is 12.0 Å². The molecule has 0 saturated carbocycles. The first-order valence-electron chi connectivity index (χ1n) is 10.8. The molecule has 0 radical (unpaired) electrons. The number of aromatic carboxylic acids is 1. The second-order valence-corrected chi connectivity index (χ2v) is 7.68. The van der Waals surface area contributed by atoms with E-state index < -0.39 is 36.2 Å². The highest BCUT2D eigenvalue weighted by molar-refractivity contribution is 6.16. The molecule has 1 saturated heterocycles. The van der Waals surface area contributed by atoms with Gasteiger partial charge in [-0.2, -0.15) is 0 Å². The molecule has 1 fully saturated rings. The Balaban J connectivity index is 1.42. The van der Waals surface area contributed by atoms with Crippen LogP contribution < -0.4 is 20.1 Å². The molecule has 2 heterocycles. The number of carboxylic acid groups (broad SMARTS) is 1. The van der Waals surface area contributed by atoms with Gasteiger partial charge in [0.25, 0.3) is 5.91 Å². The zero-order valence-corrected chi connectivity index (χ0v) is 19.3. The number of halogens is 1. The lowest BCUT2D eigenvalue weighted by molar-refractivity contribution is -0.127. The average Bonchev–Trinajstić information content (AvgIpc) is 3.45. The zero-order valence-electron chi connectivity index (χ0n) is 19.3. The van der Waals surface area contributed by atoms with Gasteiger partial charge in [-0.15, -0.1) is 0 Å². The van der Waals surface area contributed by atoms with E-state index in [1.54, 1.807) is 18.2 Å². The molecule has 190 valence electrons. The predicted octanol–water partition coefficient (Wildman–Crippen LogP) is 3.24. The van der Waals surface area contributed by atoms with Gasteiger partial charge in [-0.05, 0) is 48.0 Å². The van der Waals surface area contributed by atoms with Crippen LogP contribution in [0.2, 0.25) is 0 Å². The number of hydrogen-bond donors (Lipinski definition) is 3. The summed E-state index contributed by atoms with van der Waals surface area (Å²) in [6.45, 7) is -0.661. The van der Waals surface area contributed by atoms with E-state index in [0.717, 1.165) is 0 Å². The van der Waals surface area contributed by atoms with Crippen LogP contribution in [-0.4, -0.2) is 47.5 Å². The zero-order chi connectivity index (χ0) is 26.5. The summed E-state index contributed by atoms with van der Waals surface area (Å²) in [7, 11) is 1.41. The Labute approximate surface area is 209 Å². The summed E-state index contributed by atoms with van der Waals surface area (Å²) in [5.74, 6) is -2.62. The molecule has 1 aliphatic rings. The number of benzene rings is 2. The summed E-state index contributed by atoms with van der Waals surface area (Å²) >= 11 is 0. The van der Waals surface area contributed by atoms with Gasteiger partial charge in [0.05, 0.1) is 12.8 Å². The fraction of sp³-hybridized carbons (Fsp3) is 0.120. The largest absolute Gasteiger partial charge is 0.493 e. The summed E-state index contributed by atoms with van der Waals surface area (Å²) in [4.78, 5) is 48.9. The van der Waals surface area contributed by atoms with Crippen LogP contribution in [0, 0.1) is 5.82 Å². The van der Waals surface area contributed by atoms with Gasteiger partial charge < -0.3 is 29.6 Å². The lowest BCUT2D eigenvalue weighted by atomic mass is 10.1. The maximum Gasteiger partial charge on any atom is 0.371 e. The van der Waals surface area contributed by atoms with E-state index in [9.17, 15) is 23.6 Å². The first-order chi connectivity index (χ1) is 17.7. The van der Waals surface area contributed by atoms with Crippen LogP contribution >= 0.6 is 0 Å². The number of carboxylic acids is 1. The Morgan fingerprint density at radius 2 is 1.92 bits per heavy atom. The Kier molecular flexibility index (Phi) is 7.19. The molecule has 12 heteroatoms. The number of carbonyl (C=O) groups is 4. The highest BCUT2D eigenvalue weighted by atomic mass is 19.1. The molecule has 2 aromatic carbocycles. The number of carbonyl (C=O) groups excluding carboxylic acids is 3. The van der Waals surface area contributed by atoms with Crippen LogP contribution in [0.25, 0.3) is 6.08 Å². The third kappa shape index (κ3) is 5.75. The molecule has 0 atom stereocenters. The standard InChI is InChI=1S/C25H20FN3O8/c1-35-21-11-14(6-8-19(21)36-13-15-7-9-20(37-15)24(32)33)10-18-23(31)29(25(34)28-18)12-22(30)27-17-5-3-2-4-16(17)26/h2-11H,12-13H2,1H3,(H,27,30)(H,28,34)(H,32,33)/b18-10-. The molecular formula is C25H20FN3O8. The third-order valence-electron chi connectivity index (χ3n) is 5.15.